The molecule has 4 aliphatic rings. The molecule has 24 heteroatoms. The summed E-state index contributed by atoms with van der Waals surface area (Å²) in [6, 6.07) is 1.90. The molecule has 4 aliphatic heterocycles. The van der Waals surface area contributed by atoms with E-state index in [0.717, 1.165) is 35.4 Å². The fourth-order valence-electron chi connectivity index (χ4n) is 10.6. The number of benzene rings is 2. The van der Waals surface area contributed by atoms with Crippen molar-refractivity contribution in [1.82, 2.24) is 45.1 Å². The van der Waals surface area contributed by atoms with Gasteiger partial charge in [-0.05, 0) is 126 Å². The first-order valence-corrected chi connectivity index (χ1v) is 25.4. The second-order valence-corrected chi connectivity index (χ2v) is 21.0. The van der Waals surface area contributed by atoms with Crippen molar-refractivity contribution in [3.63, 3.8) is 0 Å². The van der Waals surface area contributed by atoms with Gasteiger partial charge in [0.25, 0.3) is 0 Å². The van der Waals surface area contributed by atoms with Crippen LogP contribution in [0, 0.1) is 17.6 Å². The van der Waals surface area contributed by atoms with Gasteiger partial charge < -0.3 is 46.2 Å². The molecular weight excluding hydrogens is 983 g/mol. The van der Waals surface area contributed by atoms with E-state index >= 15 is 0 Å². The second-order valence-electron chi connectivity index (χ2n) is 21.0. The number of nitrogens with zero attached hydrogens (tertiary/aromatic N) is 5. The van der Waals surface area contributed by atoms with Gasteiger partial charge in [0.2, 0.25) is 41.4 Å². The van der Waals surface area contributed by atoms with Gasteiger partial charge in [0.05, 0.1) is 17.6 Å². The maximum atomic E-state index is 14.5. The lowest BCUT2D eigenvalue weighted by atomic mass is 9.90. The van der Waals surface area contributed by atoms with Gasteiger partial charge in [-0.2, -0.15) is 0 Å². The molecular formula is C51H66F2N10O12. The highest BCUT2D eigenvalue weighted by atomic mass is 19.2. The lowest BCUT2D eigenvalue weighted by Crippen LogP contribution is -2.62. The van der Waals surface area contributed by atoms with E-state index in [-0.39, 0.29) is 81.0 Å². The molecule has 22 nitrogen and oxygen atoms in total. The minimum Gasteiger partial charge on any atom is -0.465 e. The van der Waals surface area contributed by atoms with Gasteiger partial charge in [-0.1, -0.05) is 12.1 Å². The number of ether oxygens (including phenoxy) is 1. The van der Waals surface area contributed by atoms with Crippen LogP contribution in [0.1, 0.15) is 109 Å². The molecule has 3 aromatic rings. The molecule has 7 N–H and O–H groups in total. The van der Waals surface area contributed by atoms with E-state index in [0.29, 0.717) is 43.4 Å². The van der Waals surface area contributed by atoms with Crippen LogP contribution in [0.5, 0.6) is 0 Å². The highest BCUT2D eigenvalue weighted by molar-refractivity contribution is 6.00. The predicted molar refractivity (Wildman–Crippen MR) is 264 cm³/mol. The molecule has 6 atom stereocenters. The number of nitrogens with two attached hydrogens (primary N) is 1. The summed E-state index contributed by atoms with van der Waals surface area (Å²) in [7, 11) is 1.64. The highest BCUT2D eigenvalue weighted by Gasteiger charge is 2.47. The van der Waals surface area contributed by atoms with E-state index in [9.17, 15) is 61.8 Å². The number of aromatic nitrogens is 2. The molecule has 4 fully saturated rings. The summed E-state index contributed by atoms with van der Waals surface area (Å²) in [5.74, 6) is -6.67. The number of halogens is 2. The second kappa shape index (κ2) is 23.4. The first kappa shape index (κ1) is 55.4. The SMILES string of the molecule is Cn1c(=O)n(C2CCC(=O)NC2=O)c2ccc(CCCC3CCN(C(=O)[C@H](Cc4ccc(F)c(F)c4)NC(=O)[C@H](CCC(N)=O)NC(=O)[C@@H]4CC[C@@H]5CCN(C(=O)O)C[C@H](NC(=O)OC(C)(C)C)C(=O)N54)CC3)cc21. The topological polar surface area (TPSA) is 294 Å². The predicted octanol–water partition coefficient (Wildman–Crippen LogP) is 2.27. The first-order chi connectivity index (χ1) is 35.5. The Labute approximate surface area is 431 Å². The Morgan fingerprint density at radius 1 is 0.853 bits per heavy atom. The van der Waals surface area contributed by atoms with Crippen molar-refractivity contribution in [2.75, 3.05) is 26.2 Å². The number of likely N-dealkylation sites (tertiary alicyclic amines) is 1. The zero-order valence-electron chi connectivity index (χ0n) is 42.5. The molecule has 0 radical (unpaired) electrons. The van der Waals surface area contributed by atoms with Crippen LogP contribution in [0.25, 0.3) is 11.0 Å². The number of carbonyl (C=O) groups excluding carboxylic acids is 8. The van der Waals surface area contributed by atoms with Crippen molar-refractivity contribution < 1.29 is 61.8 Å². The fraction of sp³-hybridized carbons (Fsp3) is 0.569. The van der Waals surface area contributed by atoms with Gasteiger partial charge in [0.1, 0.15) is 35.8 Å². The molecule has 5 heterocycles. The number of carboxylic acid groups (broad SMARTS) is 1. The molecule has 1 unspecified atom stereocenters. The smallest absolute Gasteiger partial charge is 0.408 e. The molecule has 4 saturated heterocycles. The number of rotatable bonds is 16. The zero-order chi connectivity index (χ0) is 54.5. The lowest BCUT2D eigenvalue weighted by Gasteiger charge is -2.38. The highest BCUT2D eigenvalue weighted by Crippen LogP contribution is 2.31. The number of piperidine rings is 2. The standard InChI is InChI=1S/C51H66F2N10O12/c1-51(2,3)75-48(71)57-36-27-61(50(73)74)23-20-31-10-14-38(62(31)47(36)70)44(67)55-34(12-16-41(54)64)43(66)56-35(25-30-8-11-32(52)33(53)24-30)46(69)60-21-18-28(19-22-60)6-5-7-29-9-13-37-40(26-29)59(4)49(72)63(37)39-15-17-42(65)58-45(39)68/h8-9,11,13,24,26,28,31,34-36,38-39H,5-7,10,12,14-23,25,27H2,1-4H3,(H2,54,64)(H,55,67)(H,56,66)(H,57,71)(H,73,74)(H,58,65,68)/t31-,34+,35+,36+,38+,39?/m1/s1. The number of hydrogen-bond donors (Lipinski definition) is 6. The molecule has 0 bridgehead atoms. The molecule has 7 rings (SSSR count). The number of imidazole rings is 1. The van der Waals surface area contributed by atoms with E-state index in [1.807, 2.05) is 18.2 Å². The van der Waals surface area contributed by atoms with Crippen molar-refractivity contribution in [2.24, 2.45) is 18.7 Å². The Kier molecular flexibility index (Phi) is 17.3. The minimum atomic E-state index is -1.48. The van der Waals surface area contributed by atoms with E-state index in [4.69, 9.17) is 10.5 Å². The Balaban J connectivity index is 1.01. The van der Waals surface area contributed by atoms with Gasteiger partial charge in [0, 0.05) is 52.0 Å². The molecule has 0 aliphatic carbocycles. The molecule has 2 aromatic carbocycles. The van der Waals surface area contributed by atoms with E-state index < -0.39 is 108 Å². The van der Waals surface area contributed by atoms with Crippen LogP contribution in [0.3, 0.4) is 0 Å². The molecule has 75 heavy (non-hydrogen) atoms. The monoisotopic (exact) mass is 1050 g/mol. The molecule has 0 saturated carbocycles. The Hall–Kier alpha value is -7.40. The zero-order valence-corrected chi connectivity index (χ0v) is 42.5. The van der Waals surface area contributed by atoms with Crippen molar-refractivity contribution in [2.45, 2.75) is 146 Å². The van der Waals surface area contributed by atoms with Crippen molar-refractivity contribution in [1.29, 1.82) is 0 Å². The number of nitrogens with one attached hydrogen (secondary N) is 4. The van der Waals surface area contributed by atoms with Crippen LogP contribution in [0.15, 0.2) is 41.2 Å². The van der Waals surface area contributed by atoms with Gasteiger partial charge in [-0.15, -0.1) is 0 Å². The molecule has 0 spiro atoms. The number of imide groups is 1. The van der Waals surface area contributed by atoms with E-state index in [1.54, 1.807) is 32.7 Å². The maximum absolute atomic E-state index is 14.5. The number of aryl methyl sites for hydroxylation is 2. The number of hydrogen-bond acceptors (Lipinski definition) is 11. The third kappa shape index (κ3) is 13.5. The number of primary amides is 1. The Morgan fingerprint density at radius 2 is 1.56 bits per heavy atom. The van der Waals surface area contributed by atoms with Crippen LogP contribution in [-0.4, -0.2) is 144 Å². The molecule has 9 amide bonds. The third-order valence-corrected chi connectivity index (χ3v) is 14.5. The van der Waals surface area contributed by atoms with Gasteiger partial charge >= 0.3 is 17.9 Å². The van der Waals surface area contributed by atoms with Gasteiger partial charge in [-0.3, -0.25) is 48.0 Å². The lowest BCUT2D eigenvalue weighted by molar-refractivity contribution is -0.144. The number of fused-ring (bicyclic) bond motifs is 2. The van der Waals surface area contributed by atoms with E-state index in [1.165, 1.54) is 20.1 Å². The largest absolute Gasteiger partial charge is 0.465 e. The van der Waals surface area contributed by atoms with Crippen LogP contribution >= 0.6 is 0 Å². The van der Waals surface area contributed by atoms with E-state index in [2.05, 4.69) is 21.3 Å². The van der Waals surface area contributed by atoms with Gasteiger partial charge in [0.15, 0.2) is 11.6 Å². The summed E-state index contributed by atoms with van der Waals surface area (Å²) in [4.78, 5) is 136. The molecule has 1 aromatic heterocycles. The summed E-state index contributed by atoms with van der Waals surface area (Å²) in [6.45, 7) is 5.01. The minimum absolute atomic E-state index is 0.0186. The van der Waals surface area contributed by atoms with Crippen molar-refractivity contribution >= 4 is 64.6 Å². The van der Waals surface area contributed by atoms with Crippen molar-refractivity contribution in [3.8, 4) is 0 Å². The van der Waals surface area contributed by atoms with Gasteiger partial charge in [-0.25, -0.2) is 23.2 Å². The normalized spacial score (nSPS) is 21.4. The summed E-state index contributed by atoms with van der Waals surface area (Å²) in [6.07, 6.45) is 1.21. The quantitative estimate of drug-likeness (QED) is 0.113. The number of carbonyl (C=O) groups is 9. The maximum Gasteiger partial charge on any atom is 0.408 e. The summed E-state index contributed by atoms with van der Waals surface area (Å²) in [5.41, 5.74) is 6.60. The summed E-state index contributed by atoms with van der Waals surface area (Å²) < 4.78 is 36.8. The van der Waals surface area contributed by atoms with Crippen LogP contribution in [0.2, 0.25) is 0 Å². The Bertz CT molecular complexity index is 2780. The third-order valence-electron chi connectivity index (χ3n) is 14.5. The van der Waals surface area contributed by atoms with Crippen LogP contribution in [0.4, 0.5) is 18.4 Å². The average Bonchev–Trinajstić information content (AvgIpc) is 3.87. The number of amides is 9. The first-order valence-electron chi connectivity index (χ1n) is 25.4. The molecule has 406 valence electrons. The summed E-state index contributed by atoms with van der Waals surface area (Å²) >= 11 is 0. The fourth-order valence-corrected chi connectivity index (χ4v) is 10.6. The Morgan fingerprint density at radius 3 is 2.23 bits per heavy atom. The summed E-state index contributed by atoms with van der Waals surface area (Å²) in [5, 5.41) is 20.0. The van der Waals surface area contributed by atoms with Crippen LogP contribution < -0.4 is 32.7 Å². The van der Waals surface area contributed by atoms with Crippen molar-refractivity contribution in [3.05, 3.63) is 69.6 Å². The average molecular weight is 1050 g/mol. The van der Waals surface area contributed by atoms with Crippen LogP contribution in [-0.2, 0) is 58.2 Å². The number of alkyl carbamates (subject to hydrolysis) is 1.